The second kappa shape index (κ2) is 4.42. The smallest absolute Gasteiger partial charge is 0.147 e. The standard InChI is InChI=1S/C10H11BrO2/c1-7-4-9(12)3-2-8(7)5-10(13)6-11/h2-4,12H,5-6H2,1H3. The van der Waals surface area contributed by atoms with E-state index < -0.39 is 0 Å². The van der Waals surface area contributed by atoms with Gasteiger partial charge in [-0.1, -0.05) is 22.0 Å². The Hall–Kier alpha value is -0.830. The number of alkyl halides is 1. The third-order valence-electron chi connectivity index (χ3n) is 1.86. The van der Waals surface area contributed by atoms with E-state index in [4.69, 9.17) is 5.11 Å². The second-order valence-electron chi connectivity index (χ2n) is 2.96. The maximum absolute atomic E-state index is 11.1. The third-order valence-corrected chi connectivity index (χ3v) is 2.49. The van der Waals surface area contributed by atoms with Gasteiger partial charge in [-0.15, -0.1) is 0 Å². The van der Waals surface area contributed by atoms with Crippen molar-refractivity contribution in [2.45, 2.75) is 13.3 Å². The summed E-state index contributed by atoms with van der Waals surface area (Å²) >= 11 is 3.11. The summed E-state index contributed by atoms with van der Waals surface area (Å²) in [5, 5.41) is 9.52. The van der Waals surface area contributed by atoms with Crippen LogP contribution in [0.3, 0.4) is 0 Å². The van der Waals surface area contributed by atoms with Gasteiger partial charge in [0.25, 0.3) is 0 Å². The van der Waals surface area contributed by atoms with Gasteiger partial charge in [0.05, 0.1) is 5.33 Å². The largest absolute Gasteiger partial charge is 0.508 e. The summed E-state index contributed by atoms with van der Waals surface area (Å²) < 4.78 is 0. The summed E-state index contributed by atoms with van der Waals surface area (Å²) in [5.74, 6) is 0.390. The van der Waals surface area contributed by atoms with Gasteiger partial charge in [0.1, 0.15) is 11.5 Å². The highest BCUT2D eigenvalue weighted by Gasteiger charge is 2.04. The molecule has 0 aliphatic rings. The monoisotopic (exact) mass is 242 g/mol. The molecule has 1 aromatic carbocycles. The summed E-state index contributed by atoms with van der Waals surface area (Å²) in [6, 6.07) is 5.05. The molecule has 0 aliphatic carbocycles. The Morgan fingerprint density at radius 2 is 2.23 bits per heavy atom. The fourth-order valence-electron chi connectivity index (χ4n) is 1.14. The summed E-state index contributed by atoms with van der Waals surface area (Å²) in [5.41, 5.74) is 1.93. The number of hydrogen-bond donors (Lipinski definition) is 1. The zero-order chi connectivity index (χ0) is 9.84. The van der Waals surface area contributed by atoms with E-state index in [0.29, 0.717) is 11.8 Å². The van der Waals surface area contributed by atoms with Crippen molar-refractivity contribution in [3.8, 4) is 5.75 Å². The van der Waals surface area contributed by atoms with Crippen molar-refractivity contribution in [1.29, 1.82) is 0 Å². The van der Waals surface area contributed by atoms with Gasteiger partial charge in [0, 0.05) is 6.42 Å². The molecule has 0 saturated heterocycles. The minimum absolute atomic E-state index is 0.147. The van der Waals surface area contributed by atoms with Crippen LogP contribution in [0, 0.1) is 6.92 Å². The van der Waals surface area contributed by atoms with Crippen LogP contribution in [0.2, 0.25) is 0 Å². The molecule has 0 aliphatic heterocycles. The van der Waals surface area contributed by atoms with Crippen LogP contribution < -0.4 is 0 Å². The number of benzene rings is 1. The normalized spacial score (nSPS) is 10.0. The molecule has 13 heavy (non-hydrogen) atoms. The molecule has 0 unspecified atom stereocenters. The van der Waals surface area contributed by atoms with E-state index in [1.165, 1.54) is 0 Å². The Labute approximate surface area is 85.7 Å². The molecule has 1 aromatic rings. The van der Waals surface area contributed by atoms with Crippen LogP contribution in [0.25, 0.3) is 0 Å². The van der Waals surface area contributed by atoms with Gasteiger partial charge in [0.2, 0.25) is 0 Å². The van der Waals surface area contributed by atoms with E-state index in [1.807, 2.05) is 6.92 Å². The predicted octanol–water partition coefficient (Wildman–Crippen LogP) is 2.21. The molecule has 0 radical (unpaired) electrons. The SMILES string of the molecule is Cc1cc(O)ccc1CC(=O)CBr. The van der Waals surface area contributed by atoms with E-state index in [1.54, 1.807) is 18.2 Å². The van der Waals surface area contributed by atoms with E-state index in [-0.39, 0.29) is 11.5 Å². The Morgan fingerprint density at radius 1 is 1.54 bits per heavy atom. The highest BCUT2D eigenvalue weighted by Crippen LogP contribution is 2.16. The fraction of sp³-hybridized carbons (Fsp3) is 0.300. The molecule has 1 rings (SSSR count). The summed E-state index contributed by atoms with van der Waals surface area (Å²) in [4.78, 5) is 11.1. The highest BCUT2D eigenvalue weighted by atomic mass is 79.9. The molecule has 1 N–H and O–H groups in total. The molecule has 0 fully saturated rings. The number of aryl methyl sites for hydroxylation is 1. The minimum Gasteiger partial charge on any atom is -0.508 e. The quantitative estimate of drug-likeness (QED) is 0.826. The van der Waals surface area contributed by atoms with Crippen LogP contribution in [0.1, 0.15) is 11.1 Å². The van der Waals surface area contributed by atoms with E-state index in [9.17, 15) is 4.79 Å². The summed E-state index contributed by atoms with van der Waals surface area (Å²) in [6.07, 6.45) is 0.428. The lowest BCUT2D eigenvalue weighted by atomic mass is 10.0. The number of ketones is 1. The van der Waals surface area contributed by atoms with Crippen LogP contribution in [0.5, 0.6) is 5.75 Å². The Kier molecular flexibility index (Phi) is 3.48. The molecule has 0 heterocycles. The average molecular weight is 243 g/mol. The summed E-state index contributed by atoms with van der Waals surface area (Å²) in [6.45, 7) is 1.89. The molecule has 0 bridgehead atoms. The van der Waals surface area contributed by atoms with Crippen molar-refractivity contribution < 1.29 is 9.90 Å². The number of aromatic hydroxyl groups is 1. The fourth-order valence-corrected chi connectivity index (χ4v) is 1.34. The van der Waals surface area contributed by atoms with Crippen LogP contribution in [-0.4, -0.2) is 16.2 Å². The Balaban J connectivity index is 2.83. The lowest BCUT2D eigenvalue weighted by molar-refractivity contribution is -0.115. The first-order chi connectivity index (χ1) is 6.13. The first-order valence-electron chi connectivity index (χ1n) is 3.99. The lowest BCUT2D eigenvalue weighted by Crippen LogP contribution is -2.04. The first-order valence-corrected chi connectivity index (χ1v) is 5.12. The van der Waals surface area contributed by atoms with Gasteiger partial charge >= 0.3 is 0 Å². The highest BCUT2D eigenvalue weighted by molar-refractivity contribution is 9.09. The molecule has 0 spiro atoms. The number of halogens is 1. The van der Waals surface area contributed by atoms with E-state index in [2.05, 4.69) is 15.9 Å². The van der Waals surface area contributed by atoms with Gasteiger partial charge in [0.15, 0.2) is 0 Å². The molecule has 0 amide bonds. The zero-order valence-electron chi connectivity index (χ0n) is 7.38. The first kappa shape index (κ1) is 10.3. The molecule has 3 heteroatoms. The number of Topliss-reactive ketones (excluding diaryl/α,β-unsaturated/α-hetero) is 1. The van der Waals surface area contributed by atoms with Gasteiger partial charge in [-0.25, -0.2) is 0 Å². The zero-order valence-corrected chi connectivity index (χ0v) is 8.97. The van der Waals surface area contributed by atoms with Crippen molar-refractivity contribution >= 4 is 21.7 Å². The number of carbonyl (C=O) groups is 1. The predicted molar refractivity (Wildman–Crippen MR) is 55.3 cm³/mol. The van der Waals surface area contributed by atoms with Gasteiger partial charge in [-0.2, -0.15) is 0 Å². The topological polar surface area (TPSA) is 37.3 Å². The number of hydrogen-bond acceptors (Lipinski definition) is 2. The molecule has 0 saturated carbocycles. The van der Waals surface area contributed by atoms with E-state index >= 15 is 0 Å². The second-order valence-corrected chi connectivity index (χ2v) is 3.52. The molecule has 70 valence electrons. The Bertz CT molecular complexity index is 321. The maximum Gasteiger partial charge on any atom is 0.147 e. The number of phenols is 1. The van der Waals surface area contributed by atoms with Crippen molar-refractivity contribution in [2.75, 3.05) is 5.33 Å². The molecule has 0 atom stereocenters. The van der Waals surface area contributed by atoms with Crippen LogP contribution in [-0.2, 0) is 11.2 Å². The van der Waals surface area contributed by atoms with Gasteiger partial charge in [-0.3, -0.25) is 4.79 Å². The number of rotatable bonds is 3. The van der Waals surface area contributed by atoms with Crippen molar-refractivity contribution in [3.63, 3.8) is 0 Å². The maximum atomic E-state index is 11.1. The molecular weight excluding hydrogens is 232 g/mol. The van der Waals surface area contributed by atoms with Crippen molar-refractivity contribution in [2.24, 2.45) is 0 Å². The number of carbonyl (C=O) groups excluding carboxylic acids is 1. The average Bonchev–Trinajstić information content (AvgIpc) is 2.09. The van der Waals surface area contributed by atoms with Crippen molar-refractivity contribution in [1.82, 2.24) is 0 Å². The van der Waals surface area contributed by atoms with Crippen molar-refractivity contribution in [3.05, 3.63) is 29.3 Å². The lowest BCUT2D eigenvalue weighted by Gasteiger charge is -2.03. The third kappa shape index (κ3) is 2.84. The Morgan fingerprint density at radius 3 is 2.77 bits per heavy atom. The van der Waals surface area contributed by atoms with Gasteiger partial charge in [-0.05, 0) is 30.2 Å². The summed E-state index contributed by atoms with van der Waals surface area (Å²) in [7, 11) is 0. The molecule has 2 nitrogen and oxygen atoms in total. The molecular formula is C10H11BrO2. The van der Waals surface area contributed by atoms with Gasteiger partial charge < -0.3 is 5.11 Å². The van der Waals surface area contributed by atoms with E-state index in [0.717, 1.165) is 11.1 Å². The molecule has 0 aromatic heterocycles. The minimum atomic E-state index is 0.147. The van der Waals surface area contributed by atoms with Crippen LogP contribution in [0.4, 0.5) is 0 Å². The van der Waals surface area contributed by atoms with Crippen LogP contribution >= 0.6 is 15.9 Å². The van der Waals surface area contributed by atoms with Crippen LogP contribution in [0.15, 0.2) is 18.2 Å². The number of phenolic OH excluding ortho intramolecular Hbond substituents is 1.